The maximum atomic E-state index is 12.0. The number of nitrogens with zero attached hydrogens (tertiary/aromatic N) is 4. The highest BCUT2D eigenvalue weighted by atomic mass is 35.5. The number of carbonyl (C=O) groups excluding carboxylic acids is 1. The molecule has 2 aliphatic heterocycles. The van der Waals surface area contributed by atoms with E-state index in [1.807, 2.05) is 12.1 Å². The van der Waals surface area contributed by atoms with E-state index in [1.54, 1.807) is 6.20 Å². The fourth-order valence-electron chi connectivity index (χ4n) is 3.47. The van der Waals surface area contributed by atoms with E-state index in [4.69, 9.17) is 4.52 Å². The second-order valence-corrected chi connectivity index (χ2v) is 6.83. The monoisotopic (exact) mass is 392 g/mol. The normalized spacial score (nSPS) is 19.6. The highest BCUT2D eigenvalue weighted by molar-refractivity contribution is 5.85. The summed E-state index contributed by atoms with van der Waals surface area (Å²) < 4.78 is 5.24. The van der Waals surface area contributed by atoms with Crippen molar-refractivity contribution in [1.29, 1.82) is 0 Å². The van der Waals surface area contributed by atoms with Crippen molar-refractivity contribution >= 4 is 24.1 Å². The summed E-state index contributed by atoms with van der Waals surface area (Å²) in [5.74, 6) is 1.86. The number of piperidine rings is 1. The molecule has 2 aromatic heterocycles. The molecule has 2 fully saturated rings. The van der Waals surface area contributed by atoms with Gasteiger partial charge in [0.25, 0.3) is 0 Å². The summed E-state index contributed by atoms with van der Waals surface area (Å²) in [4.78, 5) is 23.2. The second kappa shape index (κ2) is 9.14. The Morgan fingerprint density at radius 2 is 2.11 bits per heavy atom. The van der Waals surface area contributed by atoms with Crippen molar-refractivity contribution in [3.63, 3.8) is 0 Å². The van der Waals surface area contributed by atoms with Crippen molar-refractivity contribution in [2.75, 3.05) is 24.5 Å². The molecule has 9 heteroatoms. The second-order valence-electron chi connectivity index (χ2n) is 6.83. The molecule has 1 atom stereocenters. The lowest BCUT2D eigenvalue weighted by Gasteiger charge is -2.27. The molecule has 2 saturated heterocycles. The summed E-state index contributed by atoms with van der Waals surface area (Å²) in [6.07, 6.45) is 7.42. The summed E-state index contributed by atoms with van der Waals surface area (Å²) in [5, 5.41) is 10.0. The van der Waals surface area contributed by atoms with Crippen LogP contribution in [0.4, 0.5) is 5.82 Å². The van der Waals surface area contributed by atoms with Gasteiger partial charge in [-0.2, -0.15) is 4.98 Å². The highest BCUT2D eigenvalue weighted by Crippen LogP contribution is 2.21. The maximum absolute atomic E-state index is 12.0. The van der Waals surface area contributed by atoms with Gasteiger partial charge in [0.15, 0.2) is 0 Å². The van der Waals surface area contributed by atoms with Crippen LogP contribution in [0.2, 0.25) is 0 Å². The fourth-order valence-corrected chi connectivity index (χ4v) is 3.47. The quantitative estimate of drug-likeness (QED) is 0.802. The molecule has 0 aromatic carbocycles. The first kappa shape index (κ1) is 19.6. The van der Waals surface area contributed by atoms with Crippen molar-refractivity contribution in [3.05, 3.63) is 24.2 Å². The number of halogens is 1. The fraction of sp³-hybridized carbons (Fsp3) is 0.556. The van der Waals surface area contributed by atoms with Gasteiger partial charge in [-0.15, -0.1) is 12.4 Å². The van der Waals surface area contributed by atoms with Gasteiger partial charge in [-0.1, -0.05) is 5.16 Å². The molecule has 0 radical (unpaired) electrons. The van der Waals surface area contributed by atoms with Crippen LogP contribution in [0.1, 0.15) is 38.0 Å². The van der Waals surface area contributed by atoms with Crippen molar-refractivity contribution < 1.29 is 9.32 Å². The largest absolute Gasteiger partial charge is 0.357 e. The Balaban J connectivity index is 0.00000210. The molecule has 0 bridgehead atoms. The molecule has 2 aromatic rings. The van der Waals surface area contributed by atoms with Crippen LogP contribution in [0.15, 0.2) is 22.9 Å². The Bertz CT molecular complexity index is 739. The molecule has 27 heavy (non-hydrogen) atoms. The van der Waals surface area contributed by atoms with Crippen molar-refractivity contribution in [3.8, 4) is 11.4 Å². The molecule has 0 saturated carbocycles. The molecule has 0 spiro atoms. The van der Waals surface area contributed by atoms with Gasteiger partial charge in [-0.25, -0.2) is 4.98 Å². The number of pyridine rings is 1. The molecule has 1 amide bonds. The molecule has 4 heterocycles. The molecule has 0 aliphatic carbocycles. The number of rotatable bonds is 5. The Labute approximate surface area is 164 Å². The SMILES string of the molecule is Cl.O=C(NCc1nc(-c2ccc(N3CCCCC3)nc2)no1)C1CCCN1. The van der Waals surface area contributed by atoms with E-state index in [9.17, 15) is 4.79 Å². The van der Waals surface area contributed by atoms with Gasteiger partial charge in [0, 0.05) is 24.8 Å². The number of carbonyl (C=O) groups is 1. The van der Waals surface area contributed by atoms with Gasteiger partial charge in [0.05, 0.1) is 12.6 Å². The Morgan fingerprint density at radius 3 is 2.81 bits per heavy atom. The zero-order chi connectivity index (χ0) is 17.8. The zero-order valence-electron chi connectivity index (χ0n) is 15.2. The van der Waals surface area contributed by atoms with Crippen molar-refractivity contribution in [1.82, 2.24) is 25.8 Å². The van der Waals surface area contributed by atoms with Gasteiger partial charge in [-0.05, 0) is 50.8 Å². The first-order valence-electron chi connectivity index (χ1n) is 9.35. The molecule has 2 aliphatic rings. The minimum absolute atomic E-state index is 0. The number of hydrogen-bond acceptors (Lipinski definition) is 7. The molecular formula is C18H25ClN6O2. The van der Waals surface area contributed by atoms with Crippen LogP contribution in [-0.2, 0) is 11.3 Å². The van der Waals surface area contributed by atoms with Crippen molar-refractivity contribution in [2.24, 2.45) is 0 Å². The van der Waals surface area contributed by atoms with Crippen LogP contribution in [0.25, 0.3) is 11.4 Å². The number of nitrogens with one attached hydrogen (secondary N) is 2. The average Bonchev–Trinajstić information content (AvgIpc) is 3.39. The van der Waals surface area contributed by atoms with Crippen LogP contribution in [0.5, 0.6) is 0 Å². The van der Waals surface area contributed by atoms with E-state index in [0.29, 0.717) is 11.7 Å². The number of aromatic nitrogens is 3. The molecule has 1 unspecified atom stereocenters. The third-order valence-electron chi connectivity index (χ3n) is 4.94. The predicted octanol–water partition coefficient (Wildman–Crippen LogP) is 1.91. The number of amides is 1. The number of anilines is 1. The molecule has 4 rings (SSSR count). The summed E-state index contributed by atoms with van der Waals surface area (Å²) in [7, 11) is 0. The van der Waals surface area contributed by atoms with Crippen LogP contribution < -0.4 is 15.5 Å². The first-order chi connectivity index (χ1) is 12.8. The van der Waals surface area contributed by atoms with E-state index < -0.39 is 0 Å². The molecule has 8 nitrogen and oxygen atoms in total. The van der Waals surface area contributed by atoms with Gasteiger partial charge in [0.1, 0.15) is 5.82 Å². The Morgan fingerprint density at radius 1 is 1.26 bits per heavy atom. The lowest BCUT2D eigenvalue weighted by molar-refractivity contribution is -0.123. The van der Waals surface area contributed by atoms with Crippen LogP contribution >= 0.6 is 12.4 Å². The lowest BCUT2D eigenvalue weighted by atomic mass is 10.1. The highest BCUT2D eigenvalue weighted by Gasteiger charge is 2.22. The number of hydrogen-bond donors (Lipinski definition) is 2. The van der Waals surface area contributed by atoms with Crippen LogP contribution in [0, 0.1) is 0 Å². The predicted molar refractivity (Wildman–Crippen MR) is 104 cm³/mol. The van der Waals surface area contributed by atoms with Crippen molar-refractivity contribution in [2.45, 2.75) is 44.7 Å². The van der Waals surface area contributed by atoms with E-state index in [0.717, 1.165) is 43.9 Å². The first-order valence-corrected chi connectivity index (χ1v) is 9.35. The average molecular weight is 393 g/mol. The van der Waals surface area contributed by atoms with Gasteiger partial charge in [0.2, 0.25) is 17.6 Å². The third kappa shape index (κ3) is 4.75. The lowest BCUT2D eigenvalue weighted by Crippen LogP contribution is -2.40. The summed E-state index contributed by atoms with van der Waals surface area (Å²) in [5.41, 5.74) is 0.810. The standard InChI is InChI=1S/C18H24N6O2.ClH/c25-18(14-5-4-8-19-14)21-12-16-22-17(23-26-16)13-6-7-15(20-11-13)24-9-2-1-3-10-24;/h6-7,11,14,19H,1-5,8-10,12H2,(H,21,25);1H. The van der Waals surface area contributed by atoms with E-state index in [-0.39, 0.29) is 30.9 Å². The molecular weight excluding hydrogens is 368 g/mol. The van der Waals surface area contributed by atoms with E-state index in [1.165, 1.54) is 19.3 Å². The van der Waals surface area contributed by atoms with Gasteiger partial charge in [-0.3, -0.25) is 4.79 Å². The Hall–Kier alpha value is -2.19. The maximum Gasteiger partial charge on any atom is 0.246 e. The third-order valence-corrected chi connectivity index (χ3v) is 4.94. The summed E-state index contributed by atoms with van der Waals surface area (Å²) in [6.45, 7) is 3.26. The van der Waals surface area contributed by atoms with Crippen LogP contribution in [0.3, 0.4) is 0 Å². The topological polar surface area (TPSA) is 96.2 Å². The van der Waals surface area contributed by atoms with Crippen LogP contribution in [-0.4, -0.2) is 46.7 Å². The van der Waals surface area contributed by atoms with E-state index >= 15 is 0 Å². The summed E-state index contributed by atoms with van der Waals surface area (Å²) in [6, 6.07) is 3.86. The Kier molecular flexibility index (Phi) is 6.63. The van der Waals surface area contributed by atoms with Gasteiger partial charge < -0.3 is 20.1 Å². The van der Waals surface area contributed by atoms with E-state index in [2.05, 4.69) is 30.7 Å². The smallest absolute Gasteiger partial charge is 0.246 e. The molecule has 146 valence electrons. The molecule has 2 N–H and O–H groups in total. The minimum atomic E-state index is -0.107. The minimum Gasteiger partial charge on any atom is -0.357 e. The van der Waals surface area contributed by atoms with Gasteiger partial charge >= 0.3 is 0 Å². The zero-order valence-corrected chi connectivity index (χ0v) is 16.0. The summed E-state index contributed by atoms with van der Waals surface area (Å²) >= 11 is 0.